The molecule has 0 aromatic heterocycles. The maximum atomic E-state index is 12.1. The van der Waals surface area contributed by atoms with Crippen molar-refractivity contribution in [3.05, 3.63) is 11.3 Å². The van der Waals surface area contributed by atoms with Crippen molar-refractivity contribution in [3.8, 4) is 0 Å². The van der Waals surface area contributed by atoms with Gasteiger partial charge in [0.25, 0.3) is 0 Å². The minimum Gasteiger partial charge on any atom is -0.498 e. The minimum absolute atomic E-state index is 0.0187. The smallest absolute Gasteiger partial charge is 0.305 e. The van der Waals surface area contributed by atoms with Gasteiger partial charge in [-0.2, -0.15) is 0 Å². The quantitative estimate of drug-likeness (QED) is 0.112. The lowest BCUT2D eigenvalue weighted by Crippen LogP contribution is -2.17. The highest BCUT2D eigenvalue weighted by atomic mass is 16.5. The second-order valence-corrected chi connectivity index (χ2v) is 9.18. The van der Waals surface area contributed by atoms with Gasteiger partial charge in [-0.25, -0.2) is 0 Å². The minimum atomic E-state index is -0.0187. The third kappa shape index (κ3) is 13.3. The number of hydrogen-bond donors (Lipinski definition) is 0. The molecule has 30 heavy (non-hydrogen) atoms. The summed E-state index contributed by atoms with van der Waals surface area (Å²) in [5, 5.41) is 0. The van der Waals surface area contributed by atoms with Crippen molar-refractivity contribution >= 4 is 5.97 Å². The summed E-state index contributed by atoms with van der Waals surface area (Å²) in [5.41, 5.74) is 1.51. The first kappa shape index (κ1) is 27.0. The van der Waals surface area contributed by atoms with Crippen LogP contribution < -0.4 is 0 Å². The zero-order valence-electron chi connectivity index (χ0n) is 20.4. The summed E-state index contributed by atoms with van der Waals surface area (Å²) < 4.78 is 11.9. The van der Waals surface area contributed by atoms with Gasteiger partial charge in [0.1, 0.15) is 0 Å². The Hall–Kier alpha value is -0.990. The molecule has 0 spiro atoms. The number of unbranched alkanes of at least 4 members (excludes halogenated alkanes) is 10. The van der Waals surface area contributed by atoms with E-state index in [0.29, 0.717) is 18.9 Å². The molecular formula is C27H50O3. The molecule has 1 aliphatic carbocycles. The molecule has 1 aliphatic rings. The maximum absolute atomic E-state index is 12.1. The molecule has 0 aliphatic heterocycles. The van der Waals surface area contributed by atoms with Gasteiger partial charge < -0.3 is 9.47 Å². The molecule has 3 nitrogen and oxygen atoms in total. The highest BCUT2D eigenvalue weighted by molar-refractivity contribution is 5.69. The molecule has 1 fully saturated rings. The van der Waals surface area contributed by atoms with Crippen LogP contribution in [0.1, 0.15) is 136 Å². The summed E-state index contributed by atoms with van der Waals surface area (Å²) in [6.45, 7) is 8.08. The highest BCUT2D eigenvalue weighted by Gasteiger charge is 2.20. The van der Waals surface area contributed by atoms with E-state index in [1.807, 2.05) is 0 Å². The lowest BCUT2D eigenvalue weighted by molar-refractivity contribution is -0.145. The van der Waals surface area contributed by atoms with E-state index in [0.717, 1.165) is 38.7 Å². The van der Waals surface area contributed by atoms with Crippen LogP contribution in [0.15, 0.2) is 11.3 Å². The summed E-state index contributed by atoms with van der Waals surface area (Å²) in [6.07, 6.45) is 21.2. The van der Waals surface area contributed by atoms with Gasteiger partial charge in [0, 0.05) is 12.8 Å². The molecule has 0 aromatic carbocycles. The van der Waals surface area contributed by atoms with E-state index < -0.39 is 0 Å². The van der Waals surface area contributed by atoms with E-state index in [1.165, 1.54) is 88.4 Å². The normalized spacial score (nSPS) is 14.3. The molecule has 1 rings (SSSR count). The van der Waals surface area contributed by atoms with Crippen LogP contribution in [0.25, 0.3) is 0 Å². The third-order valence-electron chi connectivity index (χ3n) is 6.39. The molecule has 1 saturated carbocycles. The number of esters is 1. The Morgan fingerprint density at radius 1 is 0.800 bits per heavy atom. The monoisotopic (exact) mass is 422 g/mol. The van der Waals surface area contributed by atoms with Crippen LogP contribution in [-0.4, -0.2) is 19.2 Å². The van der Waals surface area contributed by atoms with E-state index in [1.54, 1.807) is 0 Å². The second kappa shape index (κ2) is 18.8. The molecule has 3 heteroatoms. The Kier molecular flexibility index (Phi) is 16.9. The Morgan fingerprint density at radius 3 is 1.97 bits per heavy atom. The van der Waals surface area contributed by atoms with E-state index >= 15 is 0 Å². The Labute approximate surface area is 187 Å². The molecule has 1 atom stereocenters. The van der Waals surface area contributed by atoms with Crippen LogP contribution in [0.2, 0.25) is 0 Å². The summed E-state index contributed by atoms with van der Waals surface area (Å²) in [4.78, 5) is 12.1. The zero-order chi connectivity index (χ0) is 21.9. The van der Waals surface area contributed by atoms with Crippen molar-refractivity contribution < 1.29 is 14.3 Å². The largest absolute Gasteiger partial charge is 0.498 e. The van der Waals surface area contributed by atoms with Crippen LogP contribution >= 0.6 is 0 Å². The number of allylic oxidation sites excluding steroid dienone is 2. The van der Waals surface area contributed by atoms with Gasteiger partial charge in [-0.1, -0.05) is 85.0 Å². The van der Waals surface area contributed by atoms with Gasteiger partial charge in [-0.05, 0) is 50.0 Å². The molecule has 0 heterocycles. The molecule has 176 valence electrons. The number of carbonyl (C=O) groups excluding carboxylic acids is 1. The van der Waals surface area contributed by atoms with E-state index in [9.17, 15) is 4.79 Å². The van der Waals surface area contributed by atoms with E-state index in [-0.39, 0.29) is 5.97 Å². The van der Waals surface area contributed by atoms with Crippen molar-refractivity contribution in [1.29, 1.82) is 0 Å². The van der Waals surface area contributed by atoms with Crippen LogP contribution in [0.3, 0.4) is 0 Å². The standard InChI is InChI=1S/C27H50O3/c1-4-7-9-11-13-15-20-27(28)30-23-24(6-3)22-26(25-18-17-19-25)29-21-16-14-12-10-8-5-2/h24H,4-23H2,1-3H3. The van der Waals surface area contributed by atoms with Gasteiger partial charge in [0.2, 0.25) is 0 Å². The van der Waals surface area contributed by atoms with Crippen LogP contribution in [0.4, 0.5) is 0 Å². The summed E-state index contributed by atoms with van der Waals surface area (Å²) in [7, 11) is 0. The Balaban J connectivity index is 2.25. The van der Waals surface area contributed by atoms with Crippen molar-refractivity contribution in [2.24, 2.45) is 5.92 Å². The zero-order valence-corrected chi connectivity index (χ0v) is 20.4. The molecule has 0 N–H and O–H groups in total. The maximum Gasteiger partial charge on any atom is 0.305 e. The SMILES string of the molecule is CCCCCCCCOC(CC(CC)COC(=O)CCCCCCCC)=C1CCC1. The van der Waals surface area contributed by atoms with E-state index in [4.69, 9.17) is 9.47 Å². The average molecular weight is 423 g/mol. The fourth-order valence-corrected chi connectivity index (χ4v) is 3.93. The molecule has 1 unspecified atom stereocenters. The second-order valence-electron chi connectivity index (χ2n) is 9.18. The topological polar surface area (TPSA) is 35.5 Å². The number of rotatable bonds is 20. The third-order valence-corrected chi connectivity index (χ3v) is 6.39. The van der Waals surface area contributed by atoms with E-state index in [2.05, 4.69) is 20.8 Å². The van der Waals surface area contributed by atoms with Crippen molar-refractivity contribution in [2.75, 3.05) is 13.2 Å². The summed E-state index contributed by atoms with van der Waals surface area (Å²) in [5.74, 6) is 1.58. The van der Waals surface area contributed by atoms with Crippen molar-refractivity contribution in [2.45, 2.75) is 136 Å². The first-order chi connectivity index (χ1) is 14.7. The number of carbonyl (C=O) groups is 1. The molecule has 0 saturated heterocycles. The highest BCUT2D eigenvalue weighted by Crippen LogP contribution is 2.33. The molecular weight excluding hydrogens is 372 g/mol. The van der Waals surface area contributed by atoms with Crippen molar-refractivity contribution in [1.82, 2.24) is 0 Å². The van der Waals surface area contributed by atoms with Gasteiger partial charge in [0.05, 0.1) is 19.0 Å². The van der Waals surface area contributed by atoms with Gasteiger partial charge >= 0.3 is 5.97 Å². The average Bonchev–Trinajstić information content (AvgIpc) is 2.71. The van der Waals surface area contributed by atoms with Crippen LogP contribution in [-0.2, 0) is 14.3 Å². The molecule has 0 aromatic rings. The lowest BCUT2D eigenvalue weighted by atomic mass is 9.88. The first-order valence-electron chi connectivity index (χ1n) is 13.2. The van der Waals surface area contributed by atoms with Gasteiger partial charge in [-0.15, -0.1) is 0 Å². The number of hydrogen-bond acceptors (Lipinski definition) is 3. The van der Waals surface area contributed by atoms with Crippen LogP contribution in [0.5, 0.6) is 0 Å². The fourth-order valence-electron chi connectivity index (χ4n) is 3.93. The molecule has 0 bridgehead atoms. The van der Waals surface area contributed by atoms with Gasteiger partial charge in [-0.3, -0.25) is 4.79 Å². The first-order valence-corrected chi connectivity index (χ1v) is 13.2. The lowest BCUT2D eigenvalue weighted by Gasteiger charge is -2.25. The fraction of sp³-hybridized carbons (Fsp3) is 0.889. The molecule has 0 radical (unpaired) electrons. The Morgan fingerprint density at radius 2 is 1.40 bits per heavy atom. The van der Waals surface area contributed by atoms with Crippen molar-refractivity contribution in [3.63, 3.8) is 0 Å². The number of ether oxygens (including phenoxy) is 2. The predicted octanol–water partition coefficient (Wildman–Crippen LogP) is 8.51. The Bertz CT molecular complexity index is 449. The predicted molar refractivity (Wildman–Crippen MR) is 128 cm³/mol. The summed E-state index contributed by atoms with van der Waals surface area (Å²) in [6, 6.07) is 0. The van der Waals surface area contributed by atoms with Gasteiger partial charge in [0.15, 0.2) is 0 Å². The summed E-state index contributed by atoms with van der Waals surface area (Å²) >= 11 is 0. The van der Waals surface area contributed by atoms with Crippen LogP contribution in [0, 0.1) is 5.92 Å². The molecule has 0 amide bonds.